The molecule has 4 nitrogen and oxygen atoms in total. The lowest BCUT2D eigenvalue weighted by atomic mass is 10.1. The molecule has 3 aromatic rings. The number of nitrogens with zero attached hydrogens (tertiary/aromatic N) is 2. The van der Waals surface area contributed by atoms with E-state index in [9.17, 15) is 4.79 Å². The third kappa shape index (κ3) is 3.50. The van der Waals surface area contributed by atoms with Crippen LogP contribution in [0.4, 0.5) is 0 Å². The van der Waals surface area contributed by atoms with E-state index in [2.05, 4.69) is 9.47 Å². The molecule has 0 bridgehead atoms. The van der Waals surface area contributed by atoms with Gasteiger partial charge in [0, 0.05) is 35.4 Å². The molecule has 1 aliphatic heterocycles. The summed E-state index contributed by atoms with van der Waals surface area (Å²) in [6, 6.07) is 13.5. The Kier molecular flexibility index (Phi) is 5.25. The summed E-state index contributed by atoms with van der Waals surface area (Å²) in [6.45, 7) is 5.74. The van der Waals surface area contributed by atoms with Crippen molar-refractivity contribution in [2.24, 2.45) is 0 Å². The van der Waals surface area contributed by atoms with Gasteiger partial charge in [0.05, 0.1) is 24.2 Å². The van der Waals surface area contributed by atoms with E-state index in [4.69, 9.17) is 16.3 Å². The minimum absolute atomic E-state index is 0.0580. The second kappa shape index (κ2) is 7.78. The molecule has 0 N–H and O–H groups in total. The van der Waals surface area contributed by atoms with Crippen molar-refractivity contribution in [3.8, 4) is 0 Å². The molecule has 5 heteroatoms. The zero-order valence-corrected chi connectivity index (χ0v) is 15.5. The van der Waals surface area contributed by atoms with Crippen LogP contribution in [0.15, 0.2) is 47.3 Å². The fraction of sp³-hybridized carbons (Fsp3) is 0.381. The van der Waals surface area contributed by atoms with Gasteiger partial charge in [-0.05, 0) is 49.7 Å². The van der Waals surface area contributed by atoms with E-state index in [-0.39, 0.29) is 5.43 Å². The number of para-hydroxylation sites is 1. The first-order chi connectivity index (χ1) is 12.7. The van der Waals surface area contributed by atoms with Gasteiger partial charge in [-0.3, -0.25) is 9.69 Å². The van der Waals surface area contributed by atoms with Gasteiger partial charge >= 0.3 is 0 Å². The summed E-state index contributed by atoms with van der Waals surface area (Å²) in [4.78, 5) is 15.3. The minimum Gasteiger partial charge on any atom is -0.379 e. The summed E-state index contributed by atoms with van der Waals surface area (Å²) in [7, 11) is 0. The lowest BCUT2D eigenvalue weighted by molar-refractivity contribution is 0.0371. The maximum atomic E-state index is 12.8. The highest BCUT2D eigenvalue weighted by molar-refractivity contribution is 6.31. The molecule has 26 heavy (non-hydrogen) atoms. The van der Waals surface area contributed by atoms with Gasteiger partial charge in [0.2, 0.25) is 0 Å². The fourth-order valence-corrected chi connectivity index (χ4v) is 3.94. The minimum atomic E-state index is 0.0580. The monoisotopic (exact) mass is 370 g/mol. The summed E-state index contributed by atoms with van der Waals surface area (Å²) in [5, 5.41) is 2.06. The van der Waals surface area contributed by atoms with Crippen LogP contribution < -0.4 is 5.43 Å². The van der Waals surface area contributed by atoms with Gasteiger partial charge in [-0.2, -0.15) is 0 Å². The normalized spacial score (nSPS) is 15.7. The van der Waals surface area contributed by atoms with Gasteiger partial charge < -0.3 is 9.30 Å². The Labute approximate surface area is 157 Å². The first-order valence-corrected chi connectivity index (χ1v) is 9.63. The number of hydrogen-bond acceptors (Lipinski definition) is 3. The van der Waals surface area contributed by atoms with Crippen LogP contribution in [0.3, 0.4) is 0 Å². The summed E-state index contributed by atoms with van der Waals surface area (Å²) in [5.41, 5.74) is 2.02. The van der Waals surface area contributed by atoms with Crippen LogP contribution in [0.25, 0.3) is 21.8 Å². The van der Waals surface area contributed by atoms with Crippen molar-refractivity contribution in [1.82, 2.24) is 9.47 Å². The molecule has 0 saturated carbocycles. The van der Waals surface area contributed by atoms with Crippen molar-refractivity contribution < 1.29 is 4.74 Å². The van der Waals surface area contributed by atoms with Crippen LogP contribution in [0.1, 0.15) is 12.8 Å². The predicted molar refractivity (Wildman–Crippen MR) is 107 cm³/mol. The number of pyridine rings is 1. The van der Waals surface area contributed by atoms with Crippen LogP contribution in [0.2, 0.25) is 5.02 Å². The van der Waals surface area contributed by atoms with Gasteiger partial charge in [0.1, 0.15) is 0 Å². The molecule has 2 aromatic carbocycles. The predicted octanol–water partition coefficient (Wildman–Crippen LogP) is 3.92. The summed E-state index contributed by atoms with van der Waals surface area (Å²) in [6.07, 6.45) is 2.21. The highest BCUT2D eigenvalue weighted by Crippen LogP contribution is 2.22. The maximum Gasteiger partial charge on any atom is 0.197 e. The molecule has 1 saturated heterocycles. The van der Waals surface area contributed by atoms with E-state index in [0.717, 1.165) is 68.7 Å². The summed E-state index contributed by atoms with van der Waals surface area (Å²) < 4.78 is 7.67. The highest BCUT2D eigenvalue weighted by Gasteiger charge is 2.12. The number of aromatic nitrogens is 1. The Morgan fingerprint density at radius 2 is 1.65 bits per heavy atom. The first-order valence-electron chi connectivity index (χ1n) is 9.25. The highest BCUT2D eigenvalue weighted by atomic mass is 35.5. The molecule has 0 amide bonds. The Balaban J connectivity index is 1.62. The van der Waals surface area contributed by atoms with Crippen molar-refractivity contribution in [2.45, 2.75) is 19.4 Å². The molecule has 0 atom stereocenters. The number of rotatable bonds is 5. The maximum absolute atomic E-state index is 12.8. The van der Waals surface area contributed by atoms with Crippen molar-refractivity contribution in [3.63, 3.8) is 0 Å². The van der Waals surface area contributed by atoms with Crippen molar-refractivity contribution >= 4 is 33.4 Å². The van der Waals surface area contributed by atoms with Crippen LogP contribution >= 0.6 is 11.6 Å². The van der Waals surface area contributed by atoms with Gasteiger partial charge in [0.15, 0.2) is 5.43 Å². The van der Waals surface area contributed by atoms with Crippen LogP contribution in [-0.4, -0.2) is 42.3 Å². The Hall–Kier alpha value is -1.88. The summed E-state index contributed by atoms with van der Waals surface area (Å²) in [5.74, 6) is 0. The average molecular weight is 371 g/mol. The number of unbranched alkanes of at least 4 members (excludes halogenated alkanes) is 1. The van der Waals surface area contributed by atoms with E-state index in [1.165, 1.54) is 0 Å². The van der Waals surface area contributed by atoms with Crippen molar-refractivity contribution in [1.29, 1.82) is 0 Å². The number of fused-ring (bicyclic) bond motifs is 2. The van der Waals surface area contributed by atoms with Gasteiger partial charge in [0.25, 0.3) is 0 Å². The SMILES string of the molecule is O=c1c2ccccc2n(CCCCN2CCOCC2)c2ccc(Cl)cc12. The second-order valence-electron chi connectivity index (χ2n) is 6.82. The van der Waals surface area contributed by atoms with Gasteiger partial charge in [-0.15, -0.1) is 0 Å². The molecule has 136 valence electrons. The number of halogens is 1. The van der Waals surface area contributed by atoms with Crippen LogP contribution in [-0.2, 0) is 11.3 Å². The summed E-state index contributed by atoms with van der Waals surface area (Å²) >= 11 is 6.14. The molecule has 0 spiro atoms. The Morgan fingerprint density at radius 1 is 0.923 bits per heavy atom. The second-order valence-corrected chi connectivity index (χ2v) is 7.26. The van der Waals surface area contributed by atoms with E-state index in [1.54, 1.807) is 6.07 Å². The lowest BCUT2D eigenvalue weighted by Gasteiger charge is -2.26. The van der Waals surface area contributed by atoms with Crippen LogP contribution in [0, 0.1) is 0 Å². The van der Waals surface area contributed by atoms with E-state index in [1.807, 2.05) is 36.4 Å². The Bertz CT molecular complexity index is 977. The number of aryl methyl sites for hydroxylation is 1. The van der Waals surface area contributed by atoms with Gasteiger partial charge in [-0.1, -0.05) is 23.7 Å². The molecule has 4 rings (SSSR count). The number of benzene rings is 2. The molecular formula is C21H23ClN2O2. The molecule has 0 aliphatic carbocycles. The number of hydrogen-bond donors (Lipinski definition) is 0. The standard InChI is InChI=1S/C21H23ClN2O2/c22-16-7-8-20-18(15-16)21(25)17-5-1-2-6-19(17)24(20)10-4-3-9-23-11-13-26-14-12-23/h1-2,5-8,15H,3-4,9-14H2. The van der Waals surface area contributed by atoms with Crippen LogP contribution in [0.5, 0.6) is 0 Å². The van der Waals surface area contributed by atoms with Crippen molar-refractivity contribution in [3.05, 3.63) is 57.7 Å². The quantitative estimate of drug-likeness (QED) is 0.504. The third-order valence-electron chi connectivity index (χ3n) is 5.14. The molecule has 1 fully saturated rings. The third-order valence-corrected chi connectivity index (χ3v) is 5.38. The molecule has 0 radical (unpaired) electrons. The average Bonchev–Trinajstić information content (AvgIpc) is 2.68. The van der Waals surface area contributed by atoms with E-state index >= 15 is 0 Å². The zero-order chi connectivity index (χ0) is 17.9. The van der Waals surface area contributed by atoms with E-state index in [0.29, 0.717) is 10.4 Å². The molecular weight excluding hydrogens is 348 g/mol. The Morgan fingerprint density at radius 3 is 2.50 bits per heavy atom. The van der Waals surface area contributed by atoms with Gasteiger partial charge in [-0.25, -0.2) is 0 Å². The number of ether oxygens (including phenoxy) is 1. The largest absolute Gasteiger partial charge is 0.379 e. The molecule has 0 unspecified atom stereocenters. The zero-order valence-electron chi connectivity index (χ0n) is 14.8. The van der Waals surface area contributed by atoms with E-state index < -0.39 is 0 Å². The van der Waals surface area contributed by atoms with Crippen molar-refractivity contribution in [2.75, 3.05) is 32.8 Å². The number of morpholine rings is 1. The lowest BCUT2D eigenvalue weighted by Crippen LogP contribution is -2.36. The topological polar surface area (TPSA) is 34.5 Å². The molecule has 1 aliphatic rings. The molecule has 1 aromatic heterocycles. The fourth-order valence-electron chi connectivity index (χ4n) is 3.77. The first kappa shape index (κ1) is 17.5. The smallest absolute Gasteiger partial charge is 0.197 e. The molecule has 2 heterocycles.